The van der Waals surface area contributed by atoms with Gasteiger partial charge in [0.25, 0.3) is 0 Å². The third-order valence-electron chi connectivity index (χ3n) is 6.65. The fourth-order valence-electron chi connectivity index (χ4n) is 4.52. The van der Waals surface area contributed by atoms with Crippen LogP contribution in [0.5, 0.6) is 17.2 Å². The number of fused-ring (bicyclic) bond motifs is 1. The highest BCUT2D eigenvalue weighted by Crippen LogP contribution is 2.33. The number of hydrogen-bond donors (Lipinski definition) is 1. The first kappa shape index (κ1) is 27.0. The quantitative estimate of drug-likeness (QED) is 0.327. The number of nitrogens with zero attached hydrogens (tertiary/aromatic N) is 1. The minimum Gasteiger partial charge on any atom is -0.497 e. The minimum atomic E-state index is -0.648. The molecule has 4 rings (SSSR count). The lowest BCUT2D eigenvalue weighted by molar-refractivity contribution is -0.141. The minimum absolute atomic E-state index is 0.0861. The second-order valence-electron chi connectivity index (χ2n) is 9.41. The molecule has 0 aliphatic carbocycles. The fraction of sp³-hybridized carbons (Fsp3) is 0.355. The van der Waals surface area contributed by atoms with Crippen molar-refractivity contribution in [2.45, 2.75) is 51.6 Å². The van der Waals surface area contributed by atoms with Crippen molar-refractivity contribution in [2.24, 2.45) is 0 Å². The molecular formula is C31H36N2O5. The van der Waals surface area contributed by atoms with E-state index in [4.69, 9.17) is 14.2 Å². The van der Waals surface area contributed by atoms with Gasteiger partial charge < -0.3 is 24.4 Å². The van der Waals surface area contributed by atoms with Gasteiger partial charge in [-0.05, 0) is 53.8 Å². The number of amides is 2. The molecule has 1 unspecified atom stereocenters. The number of rotatable bonds is 13. The molecule has 200 valence electrons. The Hall–Kier alpha value is -4.00. The van der Waals surface area contributed by atoms with Gasteiger partial charge in [-0.2, -0.15) is 0 Å². The Bertz CT molecular complexity index is 1210. The molecule has 1 heterocycles. The number of hydrogen-bond acceptors (Lipinski definition) is 5. The summed E-state index contributed by atoms with van der Waals surface area (Å²) in [6, 6.07) is 22.6. The molecule has 0 fully saturated rings. The van der Waals surface area contributed by atoms with Gasteiger partial charge in [-0.1, -0.05) is 61.9 Å². The summed E-state index contributed by atoms with van der Waals surface area (Å²) >= 11 is 0. The Kier molecular flexibility index (Phi) is 9.62. The molecule has 38 heavy (non-hydrogen) atoms. The van der Waals surface area contributed by atoms with E-state index in [0.717, 1.165) is 29.5 Å². The maximum absolute atomic E-state index is 13.8. The van der Waals surface area contributed by atoms with Crippen molar-refractivity contribution >= 4 is 11.8 Å². The number of carbonyl (C=O) groups excluding carboxylic acids is 2. The zero-order valence-corrected chi connectivity index (χ0v) is 22.2. The number of unbranched alkanes of at least 4 members (excludes halogenated alkanes) is 1. The normalized spacial score (nSPS) is 12.6. The van der Waals surface area contributed by atoms with E-state index < -0.39 is 6.04 Å². The van der Waals surface area contributed by atoms with Crippen molar-refractivity contribution in [3.63, 3.8) is 0 Å². The topological polar surface area (TPSA) is 77.1 Å². The van der Waals surface area contributed by atoms with Crippen molar-refractivity contribution in [3.05, 3.63) is 89.5 Å². The summed E-state index contributed by atoms with van der Waals surface area (Å²) < 4.78 is 16.3. The molecule has 1 aliphatic rings. The van der Waals surface area contributed by atoms with Gasteiger partial charge in [0.1, 0.15) is 11.8 Å². The average Bonchev–Trinajstić information content (AvgIpc) is 3.42. The lowest BCUT2D eigenvalue weighted by atomic mass is 10.0. The van der Waals surface area contributed by atoms with E-state index in [0.29, 0.717) is 43.2 Å². The van der Waals surface area contributed by atoms with Crippen molar-refractivity contribution in [1.82, 2.24) is 10.2 Å². The van der Waals surface area contributed by atoms with Gasteiger partial charge in [-0.3, -0.25) is 9.59 Å². The van der Waals surface area contributed by atoms with E-state index in [2.05, 4.69) is 12.2 Å². The summed E-state index contributed by atoms with van der Waals surface area (Å²) in [4.78, 5) is 29.1. The predicted molar refractivity (Wildman–Crippen MR) is 146 cm³/mol. The molecule has 1 atom stereocenters. The van der Waals surface area contributed by atoms with Crippen molar-refractivity contribution in [3.8, 4) is 17.2 Å². The van der Waals surface area contributed by atoms with Gasteiger partial charge in [0.2, 0.25) is 18.6 Å². The third-order valence-corrected chi connectivity index (χ3v) is 6.65. The Balaban J connectivity index is 1.59. The smallest absolute Gasteiger partial charge is 0.243 e. The molecule has 0 bridgehead atoms. The van der Waals surface area contributed by atoms with Crippen LogP contribution in [0.3, 0.4) is 0 Å². The fourth-order valence-corrected chi connectivity index (χ4v) is 4.52. The number of nitrogens with one attached hydrogen (secondary N) is 1. The Morgan fingerprint density at radius 1 is 0.947 bits per heavy atom. The van der Waals surface area contributed by atoms with Crippen LogP contribution in [0.15, 0.2) is 72.8 Å². The van der Waals surface area contributed by atoms with Crippen LogP contribution in [-0.2, 0) is 29.0 Å². The molecule has 2 amide bonds. The maximum atomic E-state index is 13.8. The molecule has 3 aromatic rings. The number of methoxy groups -OCH3 is 1. The molecule has 7 nitrogen and oxygen atoms in total. The summed E-state index contributed by atoms with van der Waals surface area (Å²) in [5.74, 6) is 1.90. The second-order valence-corrected chi connectivity index (χ2v) is 9.41. The lowest BCUT2D eigenvalue weighted by Gasteiger charge is -2.32. The highest BCUT2D eigenvalue weighted by atomic mass is 16.7. The van der Waals surface area contributed by atoms with Crippen molar-refractivity contribution in [1.29, 1.82) is 0 Å². The molecule has 1 aliphatic heterocycles. The summed E-state index contributed by atoms with van der Waals surface area (Å²) in [6.07, 6.45) is 3.08. The van der Waals surface area contributed by atoms with E-state index in [-0.39, 0.29) is 25.0 Å². The number of aryl methyl sites for hydroxylation is 1. The maximum Gasteiger partial charge on any atom is 0.243 e. The van der Waals surface area contributed by atoms with Gasteiger partial charge >= 0.3 is 0 Å². The average molecular weight is 517 g/mol. The first-order valence-electron chi connectivity index (χ1n) is 13.2. The molecule has 0 aromatic heterocycles. The first-order chi connectivity index (χ1) is 18.6. The van der Waals surface area contributed by atoms with Crippen LogP contribution in [-0.4, -0.2) is 43.2 Å². The zero-order valence-electron chi connectivity index (χ0n) is 22.2. The Labute approximate surface area is 224 Å². The van der Waals surface area contributed by atoms with Crippen LogP contribution in [0.1, 0.15) is 42.9 Å². The Morgan fingerprint density at radius 3 is 2.53 bits per heavy atom. The molecule has 0 spiro atoms. The molecular weight excluding hydrogens is 480 g/mol. The molecule has 3 aromatic carbocycles. The number of carbonyl (C=O) groups is 2. The Morgan fingerprint density at radius 2 is 1.74 bits per heavy atom. The van der Waals surface area contributed by atoms with E-state index in [1.54, 1.807) is 12.0 Å². The number of ether oxygens (including phenoxy) is 3. The molecule has 0 saturated carbocycles. The predicted octanol–water partition coefficient (Wildman–Crippen LogP) is 4.91. The summed E-state index contributed by atoms with van der Waals surface area (Å²) in [5.41, 5.74) is 2.89. The molecule has 0 saturated heterocycles. The van der Waals surface area contributed by atoms with E-state index in [1.165, 1.54) is 0 Å². The largest absolute Gasteiger partial charge is 0.497 e. The first-order valence-corrected chi connectivity index (χ1v) is 13.2. The molecule has 1 N–H and O–H groups in total. The monoisotopic (exact) mass is 516 g/mol. The molecule has 7 heteroatoms. The van der Waals surface area contributed by atoms with Crippen LogP contribution in [0, 0.1) is 0 Å². The van der Waals surface area contributed by atoms with Gasteiger partial charge in [0, 0.05) is 25.9 Å². The standard InChI is InChI=1S/C31H36N2O5/c1-3-4-17-32-31(35)27(19-23-9-6-5-7-10-23)33(21-25-11-8-12-26(18-25)36-2)30(34)16-14-24-13-15-28-29(20-24)38-22-37-28/h5-13,15,18,20,27H,3-4,14,16-17,19,21-22H2,1-2H3,(H,32,35). The zero-order chi connectivity index (χ0) is 26.7. The highest BCUT2D eigenvalue weighted by Gasteiger charge is 2.30. The van der Waals surface area contributed by atoms with Crippen LogP contribution < -0.4 is 19.5 Å². The molecule has 0 radical (unpaired) electrons. The number of benzene rings is 3. The van der Waals surface area contributed by atoms with E-state index in [1.807, 2.05) is 72.8 Å². The van der Waals surface area contributed by atoms with Crippen molar-refractivity contribution < 1.29 is 23.8 Å². The second kappa shape index (κ2) is 13.5. The SMILES string of the molecule is CCCCNC(=O)C(Cc1ccccc1)N(Cc1cccc(OC)c1)C(=O)CCc1ccc2c(c1)OCO2. The van der Waals surface area contributed by atoms with E-state index in [9.17, 15) is 9.59 Å². The van der Waals surface area contributed by atoms with Gasteiger partial charge in [0.15, 0.2) is 11.5 Å². The van der Waals surface area contributed by atoms with Crippen LogP contribution >= 0.6 is 0 Å². The van der Waals surface area contributed by atoms with Crippen molar-refractivity contribution in [2.75, 3.05) is 20.4 Å². The van der Waals surface area contributed by atoms with Crippen LogP contribution in [0.2, 0.25) is 0 Å². The third kappa shape index (κ3) is 7.28. The summed E-state index contributed by atoms with van der Waals surface area (Å²) in [7, 11) is 1.62. The van der Waals surface area contributed by atoms with Gasteiger partial charge in [0.05, 0.1) is 7.11 Å². The van der Waals surface area contributed by atoms with Crippen LogP contribution in [0.4, 0.5) is 0 Å². The highest BCUT2D eigenvalue weighted by molar-refractivity contribution is 5.88. The van der Waals surface area contributed by atoms with Crippen LogP contribution in [0.25, 0.3) is 0 Å². The van der Waals surface area contributed by atoms with Gasteiger partial charge in [-0.25, -0.2) is 0 Å². The van der Waals surface area contributed by atoms with E-state index >= 15 is 0 Å². The summed E-state index contributed by atoms with van der Waals surface area (Å²) in [5, 5.41) is 3.06. The summed E-state index contributed by atoms with van der Waals surface area (Å²) in [6.45, 7) is 3.18. The van der Waals surface area contributed by atoms with Gasteiger partial charge in [-0.15, -0.1) is 0 Å². The lowest BCUT2D eigenvalue weighted by Crippen LogP contribution is -2.50.